The average Bonchev–Trinajstić information content (AvgIpc) is 2.82. The Kier molecular flexibility index (Phi) is 9.57. The van der Waals surface area contributed by atoms with Crippen molar-refractivity contribution in [2.45, 2.75) is 70.7 Å². The van der Waals surface area contributed by atoms with Crippen LogP contribution in [-0.2, 0) is 29.0 Å². The standard InChI is InChI=1S/C26H30ClF3N2O3/c1-17(20-8-9-21(24(27)14-20)15-31-12-11-25(33)34)32-35-16-18-7-10-22(19-5-3-2-4-6-19)23(13-18)26(28,29)30/h7-10,13-14,19,31H,2-6,11-12,15-16H2,1H3,(H,33,34)/b32-17-. The Morgan fingerprint density at radius 3 is 2.57 bits per heavy atom. The van der Waals surface area contributed by atoms with Crippen molar-refractivity contribution in [3.05, 3.63) is 69.2 Å². The Hall–Kier alpha value is -2.58. The number of benzene rings is 2. The summed E-state index contributed by atoms with van der Waals surface area (Å²) in [5, 5.41) is 16.2. The van der Waals surface area contributed by atoms with E-state index in [0.29, 0.717) is 40.5 Å². The lowest BCUT2D eigenvalue weighted by atomic mass is 9.81. The summed E-state index contributed by atoms with van der Waals surface area (Å²) in [6, 6.07) is 9.80. The van der Waals surface area contributed by atoms with Crippen LogP contribution < -0.4 is 5.32 Å². The normalized spacial score (nSPS) is 15.3. The second-order valence-electron chi connectivity index (χ2n) is 8.83. The van der Waals surface area contributed by atoms with Gasteiger partial charge < -0.3 is 15.3 Å². The molecule has 9 heteroatoms. The molecule has 3 rings (SSSR count). The van der Waals surface area contributed by atoms with Crippen LogP contribution in [0.15, 0.2) is 41.6 Å². The summed E-state index contributed by atoms with van der Waals surface area (Å²) in [6.45, 7) is 2.41. The average molecular weight is 511 g/mol. The maximum absolute atomic E-state index is 13.7. The molecule has 0 aliphatic heterocycles. The lowest BCUT2D eigenvalue weighted by molar-refractivity contribution is -0.139. The molecule has 5 nitrogen and oxygen atoms in total. The lowest BCUT2D eigenvalue weighted by Gasteiger charge is -2.25. The third-order valence-electron chi connectivity index (χ3n) is 6.20. The van der Waals surface area contributed by atoms with Crippen LogP contribution in [0.2, 0.25) is 5.02 Å². The smallest absolute Gasteiger partial charge is 0.416 e. The van der Waals surface area contributed by atoms with Crippen molar-refractivity contribution in [2.75, 3.05) is 6.54 Å². The summed E-state index contributed by atoms with van der Waals surface area (Å²) in [5.41, 5.74) is 2.28. The van der Waals surface area contributed by atoms with Crippen LogP contribution in [-0.4, -0.2) is 23.3 Å². The van der Waals surface area contributed by atoms with Gasteiger partial charge in [-0.1, -0.05) is 60.3 Å². The molecule has 0 unspecified atom stereocenters. The van der Waals surface area contributed by atoms with Crippen molar-refractivity contribution in [1.82, 2.24) is 5.32 Å². The van der Waals surface area contributed by atoms with Crippen molar-refractivity contribution >= 4 is 23.3 Å². The molecule has 0 heterocycles. The number of carbonyl (C=O) groups is 1. The first-order chi connectivity index (χ1) is 16.6. The Bertz CT molecular complexity index is 1050. The van der Waals surface area contributed by atoms with Gasteiger partial charge in [-0.05, 0) is 54.5 Å². The predicted molar refractivity (Wildman–Crippen MR) is 130 cm³/mol. The number of rotatable bonds is 10. The molecule has 0 saturated heterocycles. The van der Waals surface area contributed by atoms with Crippen LogP contribution in [0.5, 0.6) is 0 Å². The van der Waals surface area contributed by atoms with E-state index in [1.807, 2.05) is 12.1 Å². The second kappa shape index (κ2) is 12.4. The number of nitrogens with zero attached hydrogens (tertiary/aromatic N) is 1. The van der Waals surface area contributed by atoms with Gasteiger partial charge >= 0.3 is 12.1 Å². The van der Waals surface area contributed by atoms with Crippen molar-refractivity contribution in [2.24, 2.45) is 5.16 Å². The first-order valence-corrected chi connectivity index (χ1v) is 12.1. The van der Waals surface area contributed by atoms with Gasteiger partial charge in [-0.2, -0.15) is 13.2 Å². The van der Waals surface area contributed by atoms with Gasteiger partial charge in [-0.25, -0.2) is 0 Å². The summed E-state index contributed by atoms with van der Waals surface area (Å²) in [4.78, 5) is 15.9. The minimum atomic E-state index is -4.41. The monoisotopic (exact) mass is 510 g/mol. The fourth-order valence-electron chi connectivity index (χ4n) is 4.30. The molecular weight excluding hydrogens is 481 g/mol. The van der Waals surface area contributed by atoms with Crippen molar-refractivity contribution < 1.29 is 27.9 Å². The van der Waals surface area contributed by atoms with E-state index in [4.69, 9.17) is 21.5 Å². The van der Waals surface area contributed by atoms with Crippen LogP contribution in [0, 0.1) is 0 Å². The summed E-state index contributed by atoms with van der Waals surface area (Å²) >= 11 is 6.33. The molecule has 0 atom stereocenters. The molecule has 1 aliphatic carbocycles. The van der Waals surface area contributed by atoms with Gasteiger partial charge in [0.2, 0.25) is 0 Å². The summed E-state index contributed by atoms with van der Waals surface area (Å²) in [7, 11) is 0. The van der Waals surface area contributed by atoms with Crippen LogP contribution in [0.25, 0.3) is 0 Å². The number of nitrogens with one attached hydrogen (secondary N) is 1. The van der Waals surface area contributed by atoms with Crippen molar-refractivity contribution in [3.8, 4) is 0 Å². The minimum Gasteiger partial charge on any atom is -0.481 e. The number of carboxylic acid groups (broad SMARTS) is 1. The van der Waals surface area contributed by atoms with Gasteiger partial charge in [-0.15, -0.1) is 0 Å². The van der Waals surface area contributed by atoms with Crippen molar-refractivity contribution in [1.29, 1.82) is 0 Å². The third-order valence-corrected chi connectivity index (χ3v) is 6.55. The Morgan fingerprint density at radius 2 is 1.91 bits per heavy atom. The second-order valence-corrected chi connectivity index (χ2v) is 9.24. The SMILES string of the molecule is C/C(=N/OCc1ccc(C2CCCCC2)c(C(F)(F)F)c1)c1ccc(CNCCC(=O)O)c(Cl)c1. The quantitative estimate of drug-likeness (QED) is 0.207. The molecule has 190 valence electrons. The summed E-state index contributed by atoms with van der Waals surface area (Å²) in [5.74, 6) is -0.920. The fourth-order valence-corrected chi connectivity index (χ4v) is 4.55. The number of hydrogen-bond acceptors (Lipinski definition) is 4. The number of carboxylic acids is 1. The van der Waals surface area contributed by atoms with E-state index < -0.39 is 17.7 Å². The lowest BCUT2D eigenvalue weighted by Crippen LogP contribution is -2.17. The van der Waals surface area contributed by atoms with E-state index in [2.05, 4.69) is 10.5 Å². The zero-order chi connectivity index (χ0) is 25.4. The van der Waals surface area contributed by atoms with Gasteiger partial charge in [0.05, 0.1) is 17.7 Å². The van der Waals surface area contributed by atoms with E-state index >= 15 is 0 Å². The number of aliphatic carboxylic acids is 1. The van der Waals surface area contributed by atoms with Gasteiger partial charge in [-0.3, -0.25) is 4.79 Å². The minimum absolute atomic E-state index is 0.0204. The zero-order valence-corrected chi connectivity index (χ0v) is 20.4. The number of oxime groups is 1. The maximum Gasteiger partial charge on any atom is 0.416 e. The van der Waals surface area contributed by atoms with E-state index in [9.17, 15) is 18.0 Å². The molecule has 2 aromatic rings. The summed E-state index contributed by atoms with van der Waals surface area (Å²) < 4.78 is 41.2. The maximum atomic E-state index is 13.7. The number of hydrogen-bond donors (Lipinski definition) is 2. The highest BCUT2D eigenvalue weighted by molar-refractivity contribution is 6.31. The molecule has 1 aliphatic rings. The highest BCUT2D eigenvalue weighted by Gasteiger charge is 2.35. The first kappa shape index (κ1) is 27.0. The molecule has 0 radical (unpaired) electrons. The molecule has 35 heavy (non-hydrogen) atoms. The van der Waals surface area contributed by atoms with Crippen LogP contribution in [0.4, 0.5) is 13.2 Å². The molecule has 0 amide bonds. The van der Waals surface area contributed by atoms with Crippen molar-refractivity contribution in [3.63, 3.8) is 0 Å². The number of alkyl halides is 3. The Morgan fingerprint density at radius 1 is 1.17 bits per heavy atom. The van der Waals surface area contributed by atoms with Gasteiger partial charge in [0, 0.05) is 23.7 Å². The molecule has 0 bridgehead atoms. The van der Waals surface area contributed by atoms with Gasteiger partial charge in [0.25, 0.3) is 0 Å². The van der Waals surface area contributed by atoms with E-state index in [0.717, 1.165) is 37.7 Å². The molecule has 2 aromatic carbocycles. The Balaban J connectivity index is 1.63. The van der Waals surface area contributed by atoms with Crippen LogP contribution in [0.1, 0.15) is 79.2 Å². The molecule has 0 spiro atoms. The number of halogens is 4. The molecular formula is C26H30ClF3N2O3. The predicted octanol–water partition coefficient (Wildman–Crippen LogP) is 6.91. The highest BCUT2D eigenvalue weighted by atomic mass is 35.5. The van der Waals surface area contributed by atoms with E-state index in [1.165, 1.54) is 6.07 Å². The molecule has 1 fully saturated rings. The van der Waals surface area contributed by atoms with Gasteiger partial charge in [0.1, 0.15) is 6.61 Å². The zero-order valence-electron chi connectivity index (χ0n) is 19.6. The fraction of sp³-hybridized carbons (Fsp3) is 0.462. The third kappa shape index (κ3) is 7.97. The summed E-state index contributed by atoms with van der Waals surface area (Å²) in [6.07, 6.45) is 0.207. The van der Waals surface area contributed by atoms with Crippen LogP contribution in [0.3, 0.4) is 0 Å². The highest BCUT2D eigenvalue weighted by Crippen LogP contribution is 2.41. The molecule has 0 aromatic heterocycles. The molecule has 2 N–H and O–H groups in total. The molecule has 1 saturated carbocycles. The first-order valence-electron chi connectivity index (χ1n) is 11.7. The van der Waals surface area contributed by atoms with E-state index in [1.54, 1.807) is 25.1 Å². The van der Waals surface area contributed by atoms with E-state index in [-0.39, 0.29) is 18.9 Å². The van der Waals surface area contributed by atoms with Crippen LogP contribution >= 0.6 is 11.6 Å². The topological polar surface area (TPSA) is 70.9 Å². The Labute approximate surface area is 208 Å². The largest absolute Gasteiger partial charge is 0.481 e. The van der Waals surface area contributed by atoms with Gasteiger partial charge in [0.15, 0.2) is 0 Å².